The van der Waals surface area contributed by atoms with Gasteiger partial charge in [-0.05, 0) is 13.8 Å². The number of rotatable bonds is 3. The molecule has 0 aromatic carbocycles. The fourth-order valence-electron chi connectivity index (χ4n) is 0.872. The molecule has 0 aliphatic carbocycles. The summed E-state index contributed by atoms with van der Waals surface area (Å²) in [5.41, 5.74) is 0.415. The number of aliphatic hydroxyl groups is 1. The molecule has 5 heteroatoms. The van der Waals surface area contributed by atoms with E-state index in [1.807, 2.05) is 0 Å². The van der Waals surface area contributed by atoms with Crippen LogP contribution in [0.1, 0.15) is 23.2 Å². The molecular weight excluding hydrogens is 170 g/mol. The Kier molecular flexibility index (Phi) is 3.02. The Bertz CT molecular complexity index is 293. The molecule has 0 fully saturated rings. The molecule has 1 rings (SSSR count). The molecule has 0 aliphatic rings. The van der Waals surface area contributed by atoms with Crippen LogP contribution in [0.4, 0.5) is 0 Å². The summed E-state index contributed by atoms with van der Waals surface area (Å²) in [4.78, 5) is 17.9. The van der Waals surface area contributed by atoms with E-state index in [0.29, 0.717) is 11.5 Å². The van der Waals surface area contributed by atoms with E-state index in [0.717, 1.165) is 0 Å². The second kappa shape index (κ2) is 4.04. The number of aliphatic hydroxyl groups excluding tert-OH is 1. The third-order valence-electron chi connectivity index (χ3n) is 1.51. The summed E-state index contributed by atoms with van der Waals surface area (Å²) in [6.45, 7) is 3.63. The zero-order valence-corrected chi connectivity index (χ0v) is 7.66. The van der Waals surface area contributed by atoms with Crippen molar-refractivity contribution in [3.8, 4) is 0 Å². The highest BCUT2D eigenvalue weighted by Crippen LogP contribution is 1.94. The Balaban J connectivity index is 2.49. The number of nitrogens with zero attached hydrogens (tertiary/aromatic N) is 1. The van der Waals surface area contributed by atoms with Crippen LogP contribution in [-0.4, -0.2) is 33.6 Å². The van der Waals surface area contributed by atoms with E-state index >= 15 is 0 Å². The second-order valence-corrected chi connectivity index (χ2v) is 2.94. The predicted molar refractivity (Wildman–Crippen MR) is 47.3 cm³/mol. The number of aromatic nitrogens is 2. The normalized spacial score (nSPS) is 12.5. The summed E-state index contributed by atoms with van der Waals surface area (Å²) < 4.78 is 0. The van der Waals surface area contributed by atoms with Crippen LogP contribution < -0.4 is 5.32 Å². The van der Waals surface area contributed by atoms with E-state index in [1.54, 1.807) is 13.8 Å². The maximum Gasteiger partial charge on any atom is 0.269 e. The fourth-order valence-corrected chi connectivity index (χ4v) is 0.872. The molecular formula is C8H13N3O2. The Morgan fingerprint density at radius 2 is 2.54 bits per heavy atom. The number of imidazole rings is 1. The zero-order valence-electron chi connectivity index (χ0n) is 7.66. The molecule has 1 heterocycles. The Morgan fingerprint density at radius 3 is 3.00 bits per heavy atom. The van der Waals surface area contributed by atoms with Crippen LogP contribution in [-0.2, 0) is 0 Å². The number of nitrogens with one attached hydrogen (secondary N) is 2. The van der Waals surface area contributed by atoms with Gasteiger partial charge in [-0.2, -0.15) is 0 Å². The van der Waals surface area contributed by atoms with Gasteiger partial charge in [0.15, 0.2) is 0 Å². The van der Waals surface area contributed by atoms with Gasteiger partial charge in [0.05, 0.1) is 12.3 Å². The van der Waals surface area contributed by atoms with Gasteiger partial charge in [0.25, 0.3) is 5.91 Å². The first-order chi connectivity index (χ1) is 6.09. The third kappa shape index (κ3) is 2.87. The minimum Gasteiger partial charge on any atom is -0.392 e. The van der Waals surface area contributed by atoms with Crippen molar-refractivity contribution in [2.75, 3.05) is 6.54 Å². The molecule has 0 saturated heterocycles. The van der Waals surface area contributed by atoms with Crippen LogP contribution in [0, 0.1) is 6.92 Å². The maximum atomic E-state index is 11.3. The van der Waals surface area contributed by atoms with Crippen molar-refractivity contribution < 1.29 is 9.90 Å². The molecule has 1 aromatic rings. The molecule has 1 atom stereocenters. The maximum absolute atomic E-state index is 11.3. The molecule has 0 aliphatic heterocycles. The van der Waals surface area contributed by atoms with Crippen LogP contribution in [0.25, 0.3) is 0 Å². The topological polar surface area (TPSA) is 78.0 Å². The van der Waals surface area contributed by atoms with E-state index in [1.165, 1.54) is 6.20 Å². The molecule has 1 unspecified atom stereocenters. The molecule has 13 heavy (non-hydrogen) atoms. The van der Waals surface area contributed by atoms with Crippen molar-refractivity contribution in [3.05, 3.63) is 17.7 Å². The lowest BCUT2D eigenvalue weighted by Crippen LogP contribution is -2.30. The highest BCUT2D eigenvalue weighted by Gasteiger charge is 2.07. The first-order valence-corrected chi connectivity index (χ1v) is 4.07. The van der Waals surface area contributed by atoms with Gasteiger partial charge in [-0.1, -0.05) is 0 Å². The van der Waals surface area contributed by atoms with Crippen LogP contribution in [0.15, 0.2) is 6.20 Å². The lowest BCUT2D eigenvalue weighted by atomic mass is 10.4. The van der Waals surface area contributed by atoms with Gasteiger partial charge < -0.3 is 15.4 Å². The smallest absolute Gasteiger partial charge is 0.269 e. The number of H-pyrrole nitrogens is 1. The minimum atomic E-state index is -0.534. The molecule has 0 bridgehead atoms. The van der Waals surface area contributed by atoms with Crippen molar-refractivity contribution in [2.45, 2.75) is 20.0 Å². The number of hydrogen-bond donors (Lipinski definition) is 3. The van der Waals surface area contributed by atoms with Gasteiger partial charge >= 0.3 is 0 Å². The number of hydrogen-bond acceptors (Lipinski definition) is 3. The molecule has 1 aromatic heterocycles. The van der Waals surface area contributed by atoms with Crippen molar-refractivity contribution in [2.24, 2.45) is 0 Å². The SMILES string of the molecule is Cc1ncc(C(=O)NCC(C)O)[nH]1. The first-order valence-electron chi connectivity index (χ1n) is 4.07. The Morgan fingerprint density at radius 1 is 1.85 bits per heavy atom. The molecule has 3 N–H and O–H groups in total. The molecule has 72 valence electrons. The largest absolute Gasteiger partial charge is 0.392 e. The van der Waals surface area contributed by atoms with Gasteiger partial charge in [0, 0.05) is 6.54 Å². The van der Waals surface area contributed by atoms with Gasteiger partial charge in [-0.3, -0.25) is 4.79 Å². The Hall–Kier alpha value is -1.36. The van der Waals surface area contributed by atoms with Crippen LogP contribution in [0.5, 0.6) is 0 Å². The molecule has 0 spiro atoms. The minimum absolute atomic E-state index is 0.247. The summed E-state index contributed by atoms with van der Waals surface area (Å²) in [5.74, 6) is 0.448. The van der Waals surface area contributed by atoms with Gasteiger partial charge in [0.2, 0.25) is 0 Å². The summed E-state index contributed by atoms with van der Waals surface area (Å²) in [7, 11) is 0. The number of amides is 1. The molecule has 5 nitrogen and oxygen atoms in total. The third-order valence-corrected chi connectivity index (χ3v) is 1.51. The van der Waals surface area contributed by atoms with Crippen LogP contribution >= 0.6 is 0 Å². The van der Waals surface area contributed by atoms with E-state index in [-0.39, 0.29) is 12.5 Å². The van der Waals surface area contributed by atoms with E-state index in [4.69, 9.17) is 5.11 Å². The van der Waals surface area contributed by atoms with E-state index in [9.17, 15) is 4.79 Å². The second-order valence-electron chi connectivity index (χ2n) is 2.94. The quantitative estimate of drug-likeness (QED) is 0.608. The Labute approximate surface area is 76.2 Å². The van der Waals surface area contributed by atoms with Crippen molar-refractivity contribution in [3.63, 3.8) is 0 Å². The monoisotopic (exact) mass is 183 g/mol. The average molecular weight is 183 g/mol. The standard InChI is InChI=1S/C8H13N3O2/c1-5(12)3-10-8(13)7-4-9-6(2)11-7/h4-5,12H,3H2,1-2H3,(H,9,11)(H,10,13). The number of carbonyl (C=O) groups is 1. The molecule has 1 amide bonds. The summed E-state index contributed by atoms with van der Waals surface area (Å²) in [6, 6.07) is 0. The highest BCUT2D eigenvalue weighted by atomic mass is 16.3. The van der Waals surface area contributed by atoms with Crippen molar-refractivity contribution >= 4 is 5.91 Å². The number of carbonyl (C=O) groups excluding carboxylic acids is 1. The lowest BCUT2D eigenvalue weighted by molar-refractivity contribution is 0.0919. The average Bonchev–Trinajstić information content (AvgIpc) is 2.47. The van der Waals surface area contributed by atoms with Crippen LogP contribution in [0.3, 0.4) is 0 Å². The number of aromatic amines is 1. The van der Waals surface area contributed by atoms with Crippen molar-refractivity contribution in [1.82, 2.24) is 15.3 Å². The predicted octanol–water partition coefficient (Wildman–Crippen LogP) is -0.171. The first kappa shape index (κ1) is 9.73. The lowest BCUT2D eigenvalue weighted by Gasteiger charge is -2.04. The zero-order chi connectivity index (χ0) is 9.84. The highest BCUT2D eigenvalue weighted by molar-refractivity contribution is 5.92. The van der Waals surface area contributed by atoms with E-state index in [2.05, 4.69) is 15.3 Å². The van der Waals surface area contributed by atoms with Crippen molar-refractivity contribution in [1.29, 1.82) is 0 Å². The van der Waals surface area contributed by atoms with Gasteiger partial charge in [-0.25, -0.2) is 4.98 Å². The number of aryl methyl sites for hydroxylation is 1. The van der Waals surface area contributed by atoms with Crippen LogP contribution in [0.2, 0.25) is 0 Å². The summed E-state index contributed by atoms with van der Waals surface area (Å²) >= 11 is 0. The summed E-state index contributed by atoms with van der Waals surface area (Å²) in [5, 5.41) is 11.5. The molecule has 0 radical (unpaired) electrons. The summed E-state index contributed by atoms with van der Waals surface area (Å²) in [6.07, 6.45) is 0.931. The fraction of sp³-hybridized carbons (Fsp3) is 0.500. The van der Waals surface area contributed by atoms with Gasteiger partial charge in [0.1, 0.15) is 11.5 Å². The van der Waals surface area contributed by atoms with E-state index < -0.39 is 6.10 Å². The molecule has 0 saturated carbocycles. The van der Waals surface area contributed by atoms with Gasteiger partial charge in [-0.15, -0.1) is 0 Å².